The molecule has 7 heteroatoms. The molecule has 20 heavy (non-hydrogen) atoms. The van der Waals surface area contributed by atoms with E-state index in [1.807, 2.05) is 0 Å². The SMILES string of the molecule is O=C(O)CC(c1ccccc1)N(CC(=O)O)CC(=O)O. The van der Waals surface area contributed by atoms with Crippen molar-refractivity contribution in [3.63, 3.8) is 0 Å². The van der Waals surface area contributed by atoms with Crippen LogP contribution in [0.5, 0.6) is 0 Å². The van der Waals surface area contributed by atoms with E-state index in [0.29, 0.717) is 5.56 Å². The molecule has 0 spiro atoms. The van der Waals surface area contributed by atoms with Crippen molar-refractivity contribution in [1.29, 1.82) is 0 Å². The molecule has 0 aliphatic heterocycles. The first-order valence-corrected chi connectivity index (χ1v) is 5.84. The van der Waals surface area contributed by atoms with Gasteiger partial charge in [-0.3, -0.25) is 19.3 Å². The number of carboxylic acids is 3. The molecular formula is C13H15NO6. The summed E-state index contributed by atoms with van der Waals surface area (Å²) in [5, 5.41) is 26.6. The zero-order valence-electron chi connectivity index (χ0n) is 10.6. The zero-order valence-corrected chi connectivity index (χ0v) is 10.6. The molecule has 0 aromatic heterocycles. The van der Waals surface area contributed by atoms with Crippen molar-refractivity contribution in [2.45, 2.75) is 12.5 Å². The maximum atomic E-state index is 10.9. The van der Waals surface area contributed by atoms with E-state index in [1.54, 1.807) is 30.3 Å². The third-order valence-electron chi connectivity index (χ3n) is 2.67. The Morgan fingerprint density at radius 3 is 1.80 bits per heavy atom. The van der Waals surface area contributed by atoms with E-state index < -0.39 is 37.0 Å². The molecule has 0 bridgehead atoms. The topological polar surface area (TPSA) is 115 Å². The fourth-order valence-corrected chi connectivity index (χ4v) is 1.92. The van der Waals surface area contributed by atoms with E-state index in [2.05, 4.69) is 0 Å². The van der Waals surface area contributed by atoms with Crippen LogP contribution in [0.2, 0.25) is 0 Å². The Morgan fingerprint density at radius 1 is 0.900 bits per heavy atom. The van der Waals surface area contributed by atoms with E-state index in [-0.39, 0.29) is 6.42 Å². The molecule has 7 nitrogen and oxygen atoms in total. The summed E-state index contributed by atoms with van der Waals surface area (Å²) in [6, 6.07) is 7.59. The Balaban J connectivity index is 3.06. The first-order valence-electron chi connectivity index (χ1n) is 5.84. The molecular weight excluding hydrogens is 266 g/mol. The van der Waals surface area contributed by atoms with Gasteiger partial charge in [-0.1, -0.05) is 30.3 Å². The average Bonchev–Trinajstić information content (AvgIpc) is 2.35. The number of hydrogen-bond acceptors (Lipinski definition) is 4. The molecule has 3 N–H and O–H groups in total. The Morgan fingerprint density at radius 2 is 1.40 bits per heavy atom. The van der Waals surface area contributed by atoms with Crippen LogP contribution in [0, 0.1) is 0 Å². The fourth-order valence-electron chi connectivity index (χ4n) is 1.92. The number of nitrogens with zero attached hydrogens (tertiary/aromatic N) is 1. The predicted octanol–water partition coefficient (Wildman–Crippen LogP) is 0.674. The maximum Gasteiger partial charge on any atom is 0.317 e. The maximum absolute atomic E-state index is 10.9. The van der Waals surface area contributed by atoms with E-state index in [1.165, 1.54) is 0 Å². The van der Waals surface area contributed by atoms with Gasteiger partial charge in [-0.15, -0.1) is 0 Å². The normalized spacial score (nSPS) is 12.1. The number of aliphatic carboxylic acids is 3. The largest absolute Gasteiger partial charge is 0.481 e. The highest BCUT2D eigenvalue weighted by molar-refractivity contribution is 5.73. The molecule has 1 atom stereocenters. The zero-order chi connectivity index (χ0) is 15.1. The van der Waals surface area contributed by atoms with Crippen molar-refractivity contribution in [3.05, 3.63) is 35.9 Å². The third kappa shape index (κ3) is 5.07. The predicted molar refractivity (Wildman–Crippen MR) is 68.3 cm³/mol. The molecule has 0 aliphatic carbocycles. The van der Waals surface area contributed by atoms with Gasteiger partial charge < -0.3 is 15.3 Å². The van der Waals surface area contributed by atoms with Crippen LogP contribution in [0.4, 0.5) is 0 Å². The third-order valence-corrected chi connectivity index (χ3v) is 2.67. The highest BCUT2D eigenvalue weighted by Gasteiger charge is 2.26. The molecule has 1 rings (SSSR count). The van der Waals surface area contributed by atoms with Gasteiger partial charge >= 0.3 is 17.9 Å². The summed E-state index contributed by atoms with van der Waals surface area (Å²) in [5.74, 6) is -3.55. The second kappa shape index (κ2) is 7.25. The summed E-state index contributed by atoms with van der Waals surface area (Å²) < 4.78 is 0. The number of hydrogen-bond donors (Lipinski definition) is 3. The molecule has 0 saturated heterocycles. The minimum atomic E-state index is -1.21. The lowest BCUT2D eigenvalue weighted by atomic mass is 10.0. The summed E-state index contributed by atoms with van der Waals surface area (Å²) in [4.78, 5) is 33.7. The van der Waals surface area contributed by atoms with Crippen LogP contribution in [0.1, 0.15) is 18.0 Å². The average molecular weight is 281 g/mol. The standard InChI is InChI=1S/C13H15NO6/c15-11(16)6-10(9-4-2-1-3-5-9)14(7-12(17)18)8-13(19)20/h1-5,10H,6-8H2,(H,15,16)(H,17,18)(H,19,20). The van der Waals surface area contributed by atoms with Crippen molar-refractivity contribution in [2.75, 3.05) is 13.1 Å². The lowest BCUT2D eigenvalue weighted by Gasteiger charge is -2.28. The quantitative estimate of drug-likeness (QED) is 0.641. The first kappa shape index (κ1) is 15.6. The van der Waals surface area contributed by atoms with Gasteiger partial charge in [0, 0.05) is 6.04 Å². The van der Waals surface area contributed by atoms with Crippen LogP contribution in [-0.4, -0.2) is 51.2 Å². The second-order valence-electron chi connectivity index (χ2n) is 4.22. The molecule has 0 fully saturated rings. The monoisotopic (exact) mass is 281 g/mol. The van der Waals surface area contributed by atoms with Gasteiger partial charge in [0.25, 0.3) is 0 Å². The van der Waals surface area contributed by atoms with Crippen LogP contribution in [0.3, 0.4) is 0 Å². The van der Waals surface area contributed by atoms with Crippen molar-refractivity contribution >= 4 is 17.9 Å². The molecule has 0 aliphatic rings. The van der Waals surface area contributed by atoms with Crippen LogP contribution in [0.25, 0.3) is 0 Å². The summed E-state index contributed by atoms with van der Waals surface area (Å²) >= 11 is 0. The summed E-state index contributed by atoms with van der Waals surface area (Å²) in [7, 11) is 0. The highest BCUT2D eigenvalue weighted by Crippen LogP contribution is 2.24. The lowest BCUT2D eigenvalue weighted by Crippen LogP contribution is -2.38. The van der Waals surface area contributed by atoms with Gasteiger partial charge in [-0.05, 0) is 5.56 Å². The van der Waals surface area contributed by atoms with Crippen LogP contribution >= 0.6 is 0 Å². The van der Waals surface area contributed by atoms with Gasteiger partial charge in [0.05, 0.1) is 19.5 Å². The van der Waals surface area contributed by atoms with E-state index in [9.17, 15) is 14.4 Å². The van der Waals surface area contributed by atoms with Gasteiger partial charge in [0.2, 0.25) is 0 Å². The van der Waals surface area contributed by atoms with Gasteiger partial charge in [0.1, 0.15) is 0 Å². The number of carboxylic acid groups (broad SMARTS) is 3. The van der Waals surface area contributed by atoms with Gasteiger partial charge in [-0.25, -0.2) is 0 Å². The van der Waals surface area contributed by atoms with Crippen LogP contribution < -0.4 is 0 Å². The molecule has 1 aromatic rings. The Hall–Kier alpha value is -2.41. The highest BCUT2D eigenvalue weighted by atomic mass is 16.4. The van der Waals surface area contributed by atoms with Gasteiger partial charge in [-0.2, -0.15) is 0 Å². The molecule has 0 amide bonds. The summed E-state index contributed by atoms with van der Waals surface area (Å²) in [6.07, 6.45) is -0.370. The molecule has 1 aromatic carbocycles. The van der Waals surface area contributed by atoms with E-state index in [4.69, 9.17) is 15.3 Å². The summed E-state index contributed by atoms with van der Waals surface area (Å²) in [6.45, 7) is -1.09. The fraction of sp³-hybridized carbons (Fsp3) is 0.308. The van der Waals surface area contributed by atoms with Crippen molar-refractivity contribution in [2.24, 2.45) is 0 Å². The number of benzene rings is 1. The van der Waals surface area contributed by atoms with E-state index >= 15 is 0 Å². The molecule has 0 heterocycles. The molecule has 108 valence electrons. The number of carbonyl (C=O) groups is 3. The second-order valence-corrected chi connectivity index (χ2v) is 4.22. The number of rotatable bonds is 8. The minimum absolute atomic E-state index is 0.370. The van der Waals surface area contributed by atoms with Crippen molar-refractivity contribution < 1.29 is 29.7 Å². The van der Waals surface area contributed by atoms with E-state index in [0.717, 1.165) is 4.90 Å². The Bertz CT molecular complexity index is 471. The smallest absolute Gasteiger partial charge is 0.317 e. The summed E-state index contributed by atoms with van der Waals surface area (Å²) in [5.41, 5.74) is 0.567. The molecule has 1 unspecified atom stereocenters. The van der Waals surface area contributed by atoms with Crippen molar-refractivity contribution in [3.8, 4) is 0 Å². The minimum Gasteiger partial charge on any atom is -0.481 e. The molecule has 0 radical (unpaired) electrons. The molecule has 0 saturated carbocycles. The van der Waals surface area contributed by atoms with Gasteiger partial charge in [0.15, 0.2) is 0 Å². The Labute approximate surface area is 115 Å². The van der Waals surface area contributed by atoms with Crippen molar-refractivity contribution in [1.82, 2.24) is 4.90 Å². The van der Waals surface area contributed by atoms with Crippen LogP contribution in [-0.2, 0) is 14.4 Å². The van der Waals surface area contributed by atoms with Crippen LogP contribution in [0.15, 0.2) is 30.3 Å². The first-order chi connectivity index (χ1) is 9.40. The Kier molecular flexibility index (Phi) is 5.67. The lowest BCUT2D eigenvalue weighted by molar-refractivity contribution is -0.146.